The molecule has 1 saturated heterocycles. The summed E-state index contributed by atoms with van der Waals surface area (Å²) in [6.45, 7) is 8.96. The first-order valence-corrected chi connectivity index (χ1v) is 6.29. The lowest BCUT2D eigenvalue weighted by atomic mass is 10.1. The molecule has 2 rings (SSSR count). The summed E-state index contributed by atoms with van der Waals surface area (Å²) in [5.74, 6) is 0.167. The van der Waals surface area contributed by atoms with E-state index in [1.807, 2.05) is 36.1 Å². The molecule has 0 bridgehead atoms. The smallest absolute Gasteiger partial charge is 0.253 e. The van der Waals surface area contributed by atoms with E-state index in [9.17, 15) is 4.79 Å². The fourth-order valence-corrected chi connectivity index (χ4v) is 2.15. The minimum atomic E-state index is 0.167. The molecule has 0 radical (unpaired) electrons. The summed E-state index contributed by atoms with van der Waals surface area (Å²) in [5, 5.41) is 0. The number of carbonyl (C=O) groups is 1. The van der Waals surface area contributed by atoms with Crippen molar-refractivity contribution in [1.29, 1.82) is 0 Å². The van der Waals surface area contributed by atoms with Crippen LogP contribution >= 0.6 is 0 Å². The highest BCUT2D eigenvalue weighted by Gasteiger charge is 2.20. The third-order valence-corrected chi connectivity index (χ3v) is 3.41. The summed E-state index contributed by atoms with van der Waals surface area (Å²) < 4.78 is 0. The molecular weight excluding hydrogens is 212 g/mol. The summed E-state index contributed by atoms with van der Waals surface area (Å²) >= 11 is 0. The van der Waals surface area contributed by atoms with Crippen LogP contribution in [0.15, 0.2) is 24.3 Å². The highest BCUT2D eigenvalue weighted by atomic mass is 16.2. The number of nitrogens with zero attached hydrogens (tertiary/aromatic N) is 2. The number of likely N-dealkylation sites (N-methyl/N-ethyl adjacent to an activating group) is 1. The summed E-state index contributed by atoms with van der Waals surface area (Å²) in [6.07, 6.45) is 0. The second-order valence-electron chi connectivity index (χ2n) is 4.59. The molecule has 1 aromatic rings. The number of aryl methyl sites for hydroxylation is 1. The Balaban J connectivity index is 1.99. The Morgan fingerprint density at radius 3 is 2.24 bits per heavy atom. The fraction of sp³-hybridized carbons (Fsp3) is 0.500. The topological polar surface area (TPSA) is 23.6 Å². The quantitative estimate of drug-likeness (QED) is 0.776. The molecule has 0 aromatic heterocycles. The van der Waals surface area contributed by atoms with Crippen molar-refractivity contribution in [3.8, 4) is 0 Å². The highest BCUT2D eigenvalue weighted by Crippen LogP contribution is 2.09. The van der Waals surface area contributed by atoms with Gasteiger partial charge in [-0.25, -0.2) is 0 Å². The Kier molecular flexibility index (Phi) is 3.79. The van der Waals surface area contributed by atoms with Gasteiger partial charge in [0.15, 0.2) is 0 Å². The molecule has 0 aliphatic carbocycles. The monoisotopic (exact) mass is 232 g/mol. The second-order valence-corrected chi connectivity index (χ2v) is 4.59. The first-order chi connectivity index (χ1) is 8.20. The van der Waals surface area contributed by atoms with E-state index in [4.69, 9.17) is 0 Å². The Bertz CT molecular complexity index is 378. The number of carbonyl (C=O) groups excluding carboxylic acids is 1. The highest BCUT2D eigenvalue weighted by molar-refractivity contribution is 5.94. The van der Waals surface area contributed by atoms with Crippen molar-refractivity contribution in [2.75, 3.05) is 32.7 Å². The van der Waals surface area contributed by atoms with Crippen LogP contribution < -0.4 is 0 Å². The molecule has 0 saturated carbocycles. The van der Waals surface area contributed by atoms with Crippen LogP contribution in [-0.4, -0.2) is 48.4 Å². The van der Waals surface area contributed by atoms with Crippen LogP contribution in [0, 0.1) is 6.92 Å². The Morgan fingerprint density at radius 2 is 1.71 bits per heavy atom. The predicted molar refractivity (Wildman–Crippen MR) is 69.2 cm³/mol. The zero-order chi connectivity index (χ0) is 12.3. The molecule has 1 aliphatic rings. The van der Waals surface area contributed by atoms with Gasteiger partial charge in [-0.1, -0.05) is 24.6 Å². The van der Waals surface area contributed by atoms with Crippen molar-refractivity contribution >= 4 is 5.91 Å². The molecule has 0 unspecified atom stereocenters. The maximum absolute atomic E-state index is 12.2. The largest absolute Gasteiger partial charge is 0.336 e. The minimum Gasteiger partial charge on any atom is -0.336 e. The zero-order valence-corrected chi connectivity index (χ0v) is 10.6. The van der Waals surface area contributed by atoms with Gasteiger partial charge in [-0.2, -0.15) is 0 Å². The maximum Gasteiger partial charge on any atom is 0.253 e. The molecule has 0 N–H and O–H groups in total. The van der Waals surface area contributed by atoms with E-state index in [-0.39, 0.29) is 5.91 Å². The van der Waals surface area contributed by atoms with E-state index in [0.717, 1.165) is 38.3 Å². The maximum atomic E-state index is 12.2. The van der Waals surface area contributed by atoms with Crippen molar-refractivity contribution in [3.05, 3.63) is 35.4 Å². The average Bonchev–Trinajstić information content (AvgIpc) is 2.39. The molecule has 1 aliphatic heterocycles. The third-order valence-electron chi connectivity index (χ3n) is 3.41. The lowest BCUT2D eigenvalue weighted by Gasteiger charge is -2.34. The van der Waals surface area contributed by atoms with Gasteiger partial charge in [-0.15, -0.1) is 0 Å². The summed E-state index contributed by atoms with van der Waals surface area (Å²) in [4.78, 5) is 16.5. The van der Waals surface area contributed by atoms with Crippen LogP contribution in [0.3, 0.4) is 0 Å². The van der Waals surface area contributed by atoms with Gasteiger partial charge in [-0.05, 0) is 25.6 Å². The van der Waals surface area contributed by atoms with E-state index in [0.29, 0.717) is 0 Å². The SMILES string of the molecule is CCN1CCN(C(=O)c2ccc(C)cc2)CC1. The van der Waals surface area contributed by atoms with Crippen molar-refractivity contribution < 1.29 is 4.79 Å². The Hall–Kier alpha value is -1.35. The van der Waals surface area contributed by atoms with Crippen LogP contribution in [0.5, 0.6) is 0 Å². The summed E-state index contributed by atoms with van der Waals surface area (Å²) in [5.41, 5.74) is 2.00. The first-order valence-electron chi connectivity index (χ1n) is 6.29. The molecule has 1 amide bonds. The van der Waals surface area contributed by atoms with E-state index in [1.54, 1.807) is 0 Å². The van der Waals surface area contributed by atoms with E-state index >= 15 is 0 Å². The van der Waals surface area contributed by atoms with Gasteiger partial charge in [0.1, 0.15) is 0 Å². The van der Waals surface area contributed by atoms with E-state index in [1.165, 1.54) is 5.56 Å². The van der Waals surface area contributed by atoms with Crippen molar-refractivity contribution in [1.82, 2.24) is 9.80 Å². The van der Waals surface area contributed by atoms with Crippen LogP contribution in [0.4, 0.5) is 0 Å². The molecule has 3 nitrogen and oxygen atoms in total. The third kappa shape index (κ3) is 2.86. The predicted octanol–water partition coefficient (Wildman–Crippen LogP) is 1.77. The Morgan fingerprint density at radius 1 is 1.12 bits per heavy atom. The van der Waals surface area contributed by atoms with Gasteiger partial charge in [0.2, 0.25) is 0 Å². The van der Waals surface area contributed by atoms with E-state index < -0.39 is 0 Å². The van der Waals surface area contributed by atoms with Gasteiger partial charge >= 0.3 is 0 Å². The molecule has 17 heavy (non-hydrogen) atoms. The molecule has 0 spiro atoms. The lowest BCUT2D eigenvalue weighted by molar-refractivity contribution is 0.0643. The average molecular weight is 232 g/mol. The molecule has 0 atom stereocenters. The summed E-state index contributed by atoms with van der Waals surface area (Å²) in [6, 6.07) is 7.83. The molecule has 92 valence electrons. The van der Waals surface area contributed by atoms with Gasteiger partial charge in [0, 0.05) is 31.7 Å². The van der Waals surface area contributed by atoms with Crippen LogP contribution in [0.1, 0.15) is 22.8 Å². The van der Waals surface area contributed by atoms with E-state index in [2.05, 4.69) is 11.8 Å². The number of rotatable bonds is 2. The lowest BCUT2D eigenvalue weighted by Crippen LogP contribution is -2.48. The molecule has 1 aromatic carbocycles. The van der Waals surface area contributed by atoms with Gasteiger partial charge < -0.3 is 9.80 Å². The number of hydrogen-bond donors (Lipinski definition) is 0. The molecule has 1 fully saturated rings. The van der Waals surface area contributed by atoms with Gasteiger partial charge in [-0.3, -0.25) is 4.79 Å². The standard InChI is InChI=1S/C14H20N2O/c1-3-15-8-10-16(11-9-15)14(17)13-6-4-12(2)5-7-13/h4-7H,3,8-11H2,1-2H3. The van der Waals surface area contributed by atoms with Crippen molar-refractivity contribution in [2.45, 2.75) is 13.8 Å². The zero-order valence-electron chi connectivity index (χ0n) is 10.6. The normalized spacial score (nSPS) is 17.2. The minimum absolute atomic E-state index is 0.167. The van der Waals surface area contributed by atoms with Crippen molar-refractivity contribution in [2.24, 2.45) is 0 Å². The summed E-state index contributed by atoms with van der Waals surface area (Å²) in [7, 11) is 0. The fourth-order valence-electron chi connectivity index (χ4n) is 2.15. The van der Waals surface area contributed by atoms with Crippen LogP contribution in [-0.2, 0) is 0 Å². The number of benzene rings is 1. The van der Waals surface area contributed by atoms with Crippen LogP contribution in [0.25, 0.3) is 0 Å². The molecule has 1 heterocycles. The molecular formula is C14H20N2O. The second kappa shape index (κ2) is 5.32. The van der Waals surface area contributed by atoms with Gasteiger partial charge in [0.25, 0.3) is 5.91 Å². The first kappa shape index (κ1) is 12.1. The van der Waals surface area contributed by atoms with Crippen molar-refractivity contribution in [3.63, 3.8) is 0 Å². The van der Waals surface area contributed by atoms with Gasteiger partial charge in [0.05, 0.1) is 0 Å². The number of amides is 1. The Labute approximate surface area is 103 Å². The van der Waals surface area contributed by atoms with Crippen LogP contribution in [0.2, 0.25) is 0 Å². The number of hydrogen-bond acceptors (Lipinski definition) is 2. The molecule has 3 heteroatoms. The number of piperazine rings is 1.